The average molecular weight is 374 g/mol. The number of carbonyl (C=O) groups excluding carboxylic acids is 1. The molecule has 1 heterocycles. The summed E-state index contributed by atoms with van der Waals surface area (Å²) < 4.78 is 14.2. The van der Waals surface area contributed by atoms with Gasteiger partial charge in [0.1, 0.15) is 5.52 Å². The molecule has 3 aromatic carbocycles. The van der Waals surface area contributed by atoms with Crippen molar-refractivity contribution in [1.29, 1.82) is 0 Å². The number of halogens is 1. The number of carbonyl (C=O) groups is 1. The number of rotatable bonds is 5. The Morgan fingerprint density at radius 1 is 0.964 bits per heavy atom. The minimum absolute atomic E-state index is 0.143. The number of amides is 1. The monoisotopic (exact) mass is 374 g/mol. The van der Waals surface area contributed by atoms with E-state index in [0.717, 1.165) is 16.7 Å². The molecule has 1 amide bonds. The fourth-order valence-corrected chi connectivity index (χ4v) is 3.10. The maximum Gasteiger partial charge on any atom is 0.228 e. The Balaban J connectivity index is 1.59. The highest BCUT2D eigenvalue weighted by Crippen LogP contribution is 2.23. The predicted molar refractivity (Wildman–Crippen MR) is 107 cm³/mol. The fraction of sp³-hybridized carbons (Fsp3) is 0.136. The van der Waals surface area contributed by atoms with Crippen LogP contribution in [0.3, 0.4) is 0 Å². The predicted octanol–water partition coefficient (Wildman–Crippen LogP) is 4.11. The summed E-state index contributed by atoms with van der Waals surface area (Å²) in [6.45, 7) is 2.39. The van der Waals surface area contributed by atoms with E-state index in [1.165, 1.54) is 16.9 Å². The second-order valence-electron chi connectivity index (χ2n) is 6.66. The number of nitrogens with one attached hydrogen (secondary N) is 1. The second-order valence-corrected chi connectivity index (χ2v) is 6.66. The van der Waals surface area contributed by atoms with Gasteiger partial charge in [-0.2, -0.15) is 9.90 Å². The van der Waals surface area contributed by atoms with Crippen molar-refractivity contribution in [2.45, 2.75) is 19.9 Å². The maximum absolute atomic E-state index is 14.2. The van der Waals surface area contributed by atoms with Gasteiger partial charge in [-0.15, -0.1) is 5.10 Å². The van der Waals surface area contributed by atoms with Crippen LogP contribution in [0.15, 0.2) is 66.7 Å². The summed E-state index contributed by atoms with van der Waals surface area (Å²) in [6.07, 6.45) is 0.240. The SMILES string of the molecule is Cc1ccccc1CC(=O)Nc1ccc(F)c2nn(Cc3ccccc3)nc12. The number of benzene rings is 3. The lowest BCUT2D eigenvalue weighted by Gasteiger charge is -2.07. The topological polar surface area (TPSA) is 59.8 Å². The molecule has 5 nitrogen and oxygen atoms in total. The molecule has 0 aliphatic heterocycles. The standard InChI is InChI=1S/C22H19FN4O/c1-15-7-5-6-10-17(15)13-20(28)24-19-12-11-18(23)21-22(19)26-27(25-21)14-16-8-3-2-4-9-16/h2-12H,13-14H2,1H3,(H,24,28). The van der Waals surface area contributed by atoms with E-state index < -0.39 is 5.82 Å². The minimum atomic E-state index is -0.466. The summed E-state index contributed by atoms with van der Waals surface area (Å²) in [5, 5.41) is 11.5. The molecule has 0 unspecified atom stereocenters. The molecule has 28 heavy (non-hydrogen) atoms. The molecule has 4 rings (SSSR count). The Hall–Kier alpha value is -3.54. The fourth-order valence-electron chi connectivity index (χ4n) is 3.10. The summed E-state index contributed by atoms with van der Waals surface area (Å²) in [5.74, 6) is -0.647. The zero-order valence-electron chi connectivity index (χ0n) is 15.4. The number of anilines is 1. The third-order valence-electron chi connectivity index (χ3n) is 4.59. The van der Waals surface area contributed by atoms with Gasteiger partial charge in [-0.1, -0.05) is 54.6 Å². The zero-order chi connectivity index (χ0) is 19.5. The summed E-state index contributed by atoms with van der Waals surface area (Å²) >= 11 is 0. The molecule has 0 radical (unpaired) electrons. The number of hydrogen-bond acceptors (Lipinski definition) is 3. The lowest BCUT2D eigenvalue weighted by molar-refractivity contribution is -0.115. The average Bonchev–Trinajstić information content (AvgIpc) is 3.11. The van der Waals surface area contributed by atoms with Crippen LogP contribution in [0.1, 0.15) is 16.7 Å². The molecule has 0 aliphatic rings. The molecule has 0 spiro atoms. The van der Waals surface area contributed by atoms with Crippen molar-refractivity contribution in [3.8, 4) is 0 Å². The molecule has 0 bridgehead atoms. The Morgan fingerprint density at radius 2 is 1.68 bits per heavy atom. The first kappa shape index (κ1) is 17.9. The number of fused-ring (bicyclic) bond motifs is 1. The van der Waals surface area contributed by atoms with E-state index in [4.69, 9.17) is 0 Å². The van der Waals surface area contributed by atoms with Crippen molar-refractivity contribution >= 4 is 22.6 Å². The van der Waals surface area contributed by atoms with Gasteiger partial charge >= 0.3 is 0 Å². The zero-order valence-corrected chi connectivity index (χ0v) is 15.4. The third kappa shape index (κ3) is 3.76. The first-order valence-electron chi connectivity index (χ1n) is 9.02. The van der Waals surface area contributed by atoms with Crippen molar-refractivity contribution in [3.63, 3.8) is 0 Å². The second kappa shape index (κ2) is 7.60. The van der Waals surface area contributed by atoms with E-state index in [0.29, 0.717) is 17.7 Å². The Labute approximate surface area is 161 Å². The highest BCUT2D eigenvalue weighted by Gasteiger charge is 2.15. The van der Waals surface area contributed by atoms with Gasteiger partial charge in [-0.3, -0.25) is 4.79 Å². The maximum atomic E-state index is 14.2. The quantitative estimate of drug-likeness (QED) is 0.572. The van der Waals surface area contributed by atoms with Crippen molar-refractivity contribution in [3.05, 3.63) is 89.2 Å². The largest absolute Gasteiger partial charge is 0.324 e. The first-order chi connectivity index (χ1) is 13.6. The van der Waals surface area contributed by atoms with Gasteiger partial charge < -0.3 is 5.32 Å². The summed E-state index contributed by atoms with van der Waals surface area (Å²) in [5.41, 5.74) is 3.95. The molecule has 0 fully saturated rings. The molecule has 1 N–H and O–H groups in total. The molecule has 0 saturated carbocycles. The molecule has 0 atom stereocenters. The van der Waals surface area contributed by atoms with Crippen LogP contribution in [0.4, 0.5) is 10.1 Å². The van der Waals surface area contributed by atoms with Crippen LogP contribution in [-0.2, 0) is 17.8 Å². The molecule has 140 valence electrons. The highest BCUT2D eigenvalue weighted by atomic mass is 19.1. The Kier molecular flexibility index (Phi) is 4.85. The van der Waals surface area contributed by atoms with Gasteiger partial charge in [0.2, 0.25) is 5.91 Å². The lowest BCUT2D eigenvalue weighted by atomic mass is 10.1. The normalized spacial score (nSPS) is 10.9. The van der Waals surface area contributed by atoms with Crippen LogP contribution in [-0.4, -0.2) is 20.9 Å². The number of hydrogen-bond donors (Lipinski definition) is 1. The molecule has 4 aromatic rings. The minimum Gasteiger partial charge on any atom is -0.324 e. The molecular weight excluding hydrogens is 355 g/mol. The van der Waals surface area contributed by atoms with E-state index in [2.05, 4.69) is 15.5 Å². The van der Waals surface area contributed by atoms with Crippen LogP contribution in [0, 0.1) is 12.7 Å². The number of aromatic nitrogens is 3. The third-order valence-corrected chi connectivity index (χ3v) is 4.59. The van der Waals surface area contributed by atoms with E-state index in [1.807, 2.05) is 61.5 Å². The van der Waals surface area contributed by atoms with E-state index in [1.54, 1.807) is 0 Å². The van der Waals surface area contributed by atoms with Crippen LogP contribution < -0.4 is 5.32 Å². The smallest absolute Gasteiger partial charge is 0.228 e. The van der Waals surface area contributed by atoms with Gasteiger partial charge in [0.25, 0.3) is 0 Å². The van der Waals surface area contributed by atoms with Gasteiger partial charge in [0.15, 0.2) is 11.3 Å². The molecule has 0 saturated heterocycles. The van der Waals surface area contributed by atoms with Crippen molar-refractivity contribution in [2.75, 3.05) is 5.32 Å². The van der Waals surface area contributed by atoms with E-state index >= 15 is 0 Å². The molecule has 0 aliphatic carbocycles. The van der Waals surface area contributed by atoms with Gasteiger partial charge in [0, 0.05) is 0 Å². The molecular formula is C22H19FN4O. The summed E-state index contributed by atoms with van der Waals surface area (Å²) in [4.78, 5) is 13.9. The van der Waals surface area contributed by atoms with Crippen molar-refractivity contribution in [2.24, 2.45) is 0 Å². The Morgan fingerprint density at radius 3 is 2.46 bits per heavy atom. The van der Waals surface area contributed by atoms with Crippen LogP contribution in [0.2, 0.25) is 0 Å². The van der Waals surface area contributed by atoms with Crippen molar-refractivity contribution in [1.82, 2.24) is 15.0 Å². The lowest BCUT2D eigenvalue weighted by Crippen LogP contribution is -2.15. The highest BCUT2D eigenvalue weighted by molar-refractivity contribution is 6.00. The van der Waals surface area contributed by atoms with E-state index in [-0.39, 0.29) is 17.8 Å². The molecule has 6 heteroatoms. The van der Waals surface area contributed by atoms with Crippen molar-refractivity contribution < 1.29 is 9.18 Å². The summed E-state index contributed by atoms with van der Waals surface area (Å²) in [7, 11) is 0. The van der Waals surface area contributed by atoms with E-state index in [9.17, 15) is 9.18 Å². The van der Waals surface area contributed by atoms with Gasteiger partial charge in [-0.05, 0) is 35.7 Å². The molecule has 1 aromatic heterocycles. The van der Waals surface area contributed by atoms with Crippen LogP contribution in [0.25, 0.3) is 11.0 Å². The van der Waals surface area contributed by atoms with Crippen LogP contribution >= 0.6 is 0 Å². The first-order valence-corrected chi connectivity index (χ1v) is 9.02. The number of nitrogens with zero attached hydrogens (tertiary/aromatic N) is 3. The Bertz CT molecular complexity index is 1140. The van der Waals surface area contributed by atoms with Gasteiger partial charge in [-0.25, -0.2) is 4.39 Å². The van der Waals surface area contributed by atoms with Gasteiger partial charge in [0.05, 0.1) is 18.7 Å². The number of aryl methyl sites for hydroxylation is 1. The van der Waals surface area contributed by atoms with Crippen LogP contribution in [0.5, 0.6) is 0 Å². The summed E-state index contributed by atoms with van der Waals surface area (Å²) in [6, 6.07) is 20.2.